The number of amides is 1. The predicted octanol–water partition coefficient (Wildman–Crippen LogP) is 5.35. The fraction of sp³-hybridized carbons (Fsp3) is 0.273. The summed E-state index contributed by atoms with van der Waals surface area (Å²) in [6.07, 6.45) is 0. The first-order valence-corrected chi connectivity index (χ1v) is 10.1. The van der Waals surface area contributed by atoms with Crippen LogP contribution >= 0.6 is 11.3 Å². The van der Waals surface area contributed by atoms with E-state index in [0.717, 1.165) is 17.0 Å². The molecule has 28 heavy (non-hydrogen) atoms. The number of hydrogen-bond acceptors (Lipinski definition) is 5. The molecule has 3 aromatic rings. The van der Waals surface area contributed by atoms with Crippen LogP contribution in [0.5, 0.6) is 11.5 Å². The van der Waals surface area contributed by atoms with E-state index in [-0.39, 0.29) is 12.5 Å². The second-order valence-electron chi connectivity index (χ2n) is 6.56. The Morgan fingerprint density at radius 2 is 1.89 bits per heavy atom. The van der Waals surface area contributed by atoms with Gasteiger partial charge in [0.25, 0.3) is 5.91 Å². The third-order valence-electron chi connectivity index (χ3n) is 4.11. The van der Waals surface area contributed by atoms with Crippen LogP contribution in [0.4, 0.5) is 5.13 Å². The second-order valence-corrected chi connectivity index (χ2v) is 7.42. The van der Waals surface area contributed by atoms with E-state index < -0.39 is 0 Å². The number of benzene rings is 2. The van der Waals surface area contributed by atoms with E-state index in [0.29, 0.717) is 23.4 Å². The van der Waals surface area contributed by atoms with E-state index in [1.165, 1.54) is 16.9 Å². The molecular formula is C22H24N2O3S. The summed E-state index contributed by atoms with van der Waals surface area (Å²) < 4.78 is 11.1. The minimum absolute atomic E-state index is 0.0560. The quantitative estimate of drug-likeness (QED) is 0.558. The molecule has 2 aromatic carbocycles. The Bertz CT molecular complexity index is 920. The standard InChI is InChI=1S/C22H24N2O3S/c1-4-26-18-10-8-16(9-11-18)20-14-28-22(23-20)24-21(25)13-27-19-7-5-6-17(12-19)15(2)3/h5-12,14-15H,4,13H2,1-3H3,(H,23,24,25). The Morgan fingerprint density at radius 3 is 2.61 bits per heavy atom. The molecule has 0 bridgehead atoms. The summed E-state index contributed by atoms with van der Waals surface area (Å²) >= 11 is 1.39. The monoisotopic (exact) mass is 396 g/mol. The largest absolute Gasteiger partial charge is 0.494 e. The van der Waals surface area contributed by atoms with E-state index in [1.54, 1.807) is 0 Å². The highest BCUT2D eigenvalue weighted by molar-refractivity contribution is 7.14. The van der Waals surface area contributed by atoms with Gasteiger partial charge in [0.1, 0.15) is 11.5 Å². The smallest absolute Gasteiger partial charge is 0.264 e. The number of nitrogens with one attached hydrogen (secondary N) is 1. The van der Waals surface area contributed by atoms with Gasteiger partial charge in [-0.1, -0.05) is 26.0 Å². The molecule has 1 heterocycles. The summed E-state index contributed by atoms with van der Waals surface area (Å²) in [5.74, 6) is 1.69. The lowest BCUT2D eigenvalue weighted by molar-refractivity contribution is -0.118. The molecule has 0 aliphatic carbocycles. The zero-order chi connectivity index (χ0) is 19.9. The van der Waals surface area contributed by atoms with Crippen molar-refractivity contribution in [1.29, 1.82) is 0 Å². The number of thiazole rings is 1. The summed E-state index contributed by atoms with van der Waals surface area (Å²) in [6, 6.07) is 15.5. The molecule has 0 unspecified atom stereocenters. The van der Waals surface area contributed by atoms with Crippen molar-refractivity contribution < 1.29 is 14.3 Å². The van der Waals surface area contributed by atoms with Gasteiger partial charge in [-0.05, 0) is 54.8 Å². The summed E-state index contributed by atoms with van der Waals surface area (Å²) in [6.45, 7) is 6.77. The number of anilines is 1. The van der Waals surface area contributed by atoms with Gasteiger partial charge in [-0.2, -0.15) is 0 Å². The summed E-state index contributed by atoms with van der Waals surface area (Å²) in [4.78, 5) is 16.7. The summed E-state index contributed by atoms with van der Waals surface area (Å²) in [5, 5.41) is 5.25. The van der Waals surface area contributed by atoms with E-state index >= 15 is 0 Å². The molecule has 1 aromatic heterocycles. The van der Waals surface area contributed by atoms with Gasteiger partial charge < -0.3 is 9.47 Å². The van der Waals surface area contributed by atoms with Gasteiger partial charge in [-0.3, -0.25) is 10.1 Å². The van der Waals surface area contributed by atoms with Crippen LogP contribution in [0.15, 0.2) is 53.9 Å². The minimum Gasteiger partial charge on any atom is -0.494 e. The summed E-state index contributed by atoms with van der Waals surface area (Å²) in [7, 11) is 0. The summed E-state index contributed by atoms with van der Waals surface area (Å²) in [5.41, 5.74) is 2.97. The molecule has 0 spiro atoms. The van der Waals surface area contributed by atoms with Gasteiger partial charge in [0.05, 0.1) is 12.3 Å². The van der Waals surface area contributed by atoms with Gasteiger partial charge in [0, 0.05) is 10.9 Å². The predicted molar refractivity (Wildman–Crippen MR) is 113 cm³/mol. The molecule has 6 heteroatoms. The van der Waals surface area contributed by atoms with Crippen molar-refractivity contribution in [3.63, 3.8) is 0 Å². The van der Waals surface area contributed by atoms with Gasteiger partial charge in [0.2, 0.25) is 0 Å². The first kappa shape index (κ1) is 19.9. The fourth-order valence-electron chi connectivity index (χ4n) is 2.62. The third kappa shape index (κ3) is 5.33. The lowest BCUT2D eigenvalue weighted by Gasteiger charge is -2.09. The van der Waals surface area contributed by atoms with Gasteiger partial charge in [-0.25, -0.2) is 4.98 Å². The molecular weight excluding hydrogens is 372 g/mol. The van der Waals surface area contributed by atoms with E-state index in [1.807, 2.05) is 54.8 Å². The van der Waals surface area contributed by atoms with E-state index in [4.69, 9.17) is 9.47 Å². The molecule has 1 amide bonds. The average Bonchev–Trinajstić information content (AvgIpc) is 3.16. The lowest BCUT2D eigenvalue weighted by Crippen LogP contribution is -2.20. The lowest BCUT2D eigenvalue weighted by atomic mass is 10.0. The molecule has 5 nitrogen and oxygen atoms in total. The van der Waals surface area contributed by atoms with Crippen LogP contribution in [0, 0.1) is 0 Å². The highest BCUT2D eigenvalue weighted by Gasteiger charge is 2.10. The van der Waals surface area contributed by atoms with Gasteiger partial charge in [0.15, 0.2) is 11.7 Å². The maximum atomic E-state index is 12.2. The molecule has 146 valence electrons. The Morgan fingerprint density at radius 1 is 1.11 bits per heavy atom. The maximum Gasteiger partial charge on any atom is 0.264 e. The van der Waals surface area contributed by atoms with Crippen LogP contribution in [0.2, 0.25) is 0 Å². The van der Waals surface area contributed by atoms with Crippen molar-refractivity contribution in [1.82, 2.24) is 4.98 Å². The van der Waals surface area contributed by atoms with Crippen LogP contribution in [0.1, 0.15) is 32.3 Å². The van der Waals surface area contributed by atoms with Crippen molar-refractivity contribution >= 4 is 22.4 Å². The Kier molecular flexibility index (Phi) is 6.66. The average molecular weight is 397 g/mol. The van der Waals surface area contributed by atoms with Crippen molar-refractivity contribution in [2.24, 2.45) is 0 Å². The SMILES string of the molecule is CCOc1ccc(-c2csc(NC(=O)COc3cccc(C(C)C)c3)n2)cc1. The fourth-order valence-corrected chi connectivity index (χ4v) is 3.36. The first-order chi connectivity index (χ1) is 13.5. The zero-order valence-corrected chi connectivity index (χ0v) is 17.1. The van der Waals surface area contributed by atoms with Crippen molar-refractivity contribution in [2.45, 2.75) is 26.7 Å². The molecule has 0 saturated carbocycles. The molecule has 0 aliphatic heterocycles. The number of hydrogen-bond donors (Lipinski definition) is 1. The Balaban J connectivity index is 1.55. The number of rotatable bonds is 8. The number of nitrogens with zero attached hydrogens (tertiary/aromatic N) is 1. The van der Waals surface area contributed by atoms with Gasteiger partial charge >= 0.3 is 0 Å². The van der Waals surface area contributed by atoms with Crippen molar-refractivity contribution in [3.05, 3.63) is 59.5 Å². The van der Waals surface area contributed by atoms with E-state index in [9.17, 15) is 4.79 Å². The van der Waals surface area contributed by atoms with Crippen LogP contribution in [-0.2, 0) is 4.79 Å². The molecule has 0 fully saturated rings. The molecule has 0 saturated heterocycles. The zero-order valence-electron chi connectivity index (χ0n) is 16.3. The van der Waals surface area contributed by atoms with Crippen LogP contribution < -0.4 is 14.8 Å². The van der Waals surface area contributed by atoms with Gasteiger partial charge in [-0.15, -0.1) is 11.3 Å². The highest BCUT2D eigenvalue weighted by Crippen LogP contribution is 2.26. The second kappa shape index (κ2) is 9.37. The van der Waals surface area contributed by atoms with Crippen LogP contribution in [0.3, 0.4) is 0 Å². The van der Waals surface area contributed by atoms with Crippen molar-refractivity contribution in [3.8, 4) is 22.8 Å². The normalized spacial score (nSPS) is 10.7. The highest BCUT2D eigenvalue weighted by atomic mass is 32.1. The maximum absolute atomic E-state index is 12.2. The number of ether oxygens (including phenoxy) is 2. The molecule has 3 rings (SSSR count). The Hall–Kier alpha value is -2.86. The molecule has 0 radical (unpaired) electrons. The molecule has 1 N–H and O–H groups in total. The Labute approximate surface area is 169 Å². The third-order valence-corrected chi connectivity index (χ3v) is 4.86. The van der Waals surface area contributed by atoms with Crippen molar-refractivity contribution in [2.75, 3.05) is 18.5 Å². The van der Waals surface area contributed by atoms with E-state index in [2.05, 4.69) is 30.2 Å². The molecule has 0 atom stereocenters. The molecule has 0 aliphatic rings. The topological polar surface area (TPSA) is 60.5 Å². The minimum atomic E-state index is -0.234. The first-order valence-electron chi connectivity index (χ1n) is 9.26. The van der Waals surface area contributed by atoms with Crippen LogP contribution in [0.25, 0.3) is 11.3 Å². The van der Waals surface area contributed by atoms with Crippen LogP contribution in [-0.4, -0.2) is 24.1 Å². The number of carbonyl (C=O) groups excluding carboxylic acids is 1. The number of aromatic nitrogens is 1. The number of carbonyl (C=O) groups is 1.